The minimum absolute atomic E-state index is 0.866. The van der Waals surface area contributed by atoms with Crippen LogP contribution in [0.15, 0.2) is 0 Å². The maximum atomic E-state index is 6.00. The Kier molecular flexibility index (Phi) is 21.3. The maximum absolute atomic E-state index is 6.00. The summed E-state index contributed by atoms with van der Waals surface area (Å²) in [6.07, 6.45) is 1.11. The van der Waals surface area contributed by atoms with Gasteiger partial charge in [-0.25, -0.2) is 0 Å². The number of alkyl halides is 1. The van der Waals surface area contributed by atoms with E-state index in [2.05, 4.69) is 15.9 Å². The largest absolute Gasteiger partial charge is 0.385 e. The van der Waals surface area contributed by atoms with E-state index in [1.165, 1.54) is 0 Å². The molecule has 0 unspecified atom stereocenters. The Balaban J connectivity index is 0. The van der Waals surface area contributed by atoms with Crippen LogP contribution in [0.1, 0.15) is 6.42 Å². The van der Waals surface area contributed by atoms with Crippen molar-refractivity contribution in [1.29, 1.82) is 10.8 Å². The van der Waals surface area contributed by atoms with Crippen molar-refractivity contribution in [2.75, 3.05) is 19.0 Å². The Morgan fingerprint density at radius 1 is 1.50 bits per heavy atom. The van der Waals surface area contributed by atoms with Gasteiger partial charge in [-0.3, -0.25) is 0 Å². The average molecular weight is 181 g/mol. The van der Waals surface area contributed by atoms with Crippen LogP contribution in [0, 0.1) is 10.8 Å². The number of nitrogens with zero attached hydrogens (tertiary/aromatic N) is 2. The second-order valence-corrected chi connectivity index (χ2v) is 1.83. The molecule has 4 heteroatoms. The molecule has 8 heavy (non-hydrogen) atoms. The summed E-state index contributed by atoms with van der Waals surface area (Å²) >= 11 is 3.27. The third kappa shape index (κ3) is 16.9. The molecule has 3 nitrogen and oxygen atoms in total. The van der Waals surface area contributed by atoms with Crippen LogP contribution in [0.25, 0.3) is 0 Å². The van der Waals surface area contributed by atoms with Crippen LogP contribution in [0.5, 0.6) is 0 Å². The molecule has 0 bridgehead atoms. The van der Waals surface area contributed by atoms with Gasteiger partial charge >= 0.3 is 0 Å². The zero-order valence-electron chi connectivity index (χ0n) is 4.80. The van der Waals surface area contributed by atoms with Gasteiger partial charge in [0, 0.05) is 29.8 Å². The molecule has 48 valence electrons. The van der Waals surface area contributed by atoms with Gasteiger partial charge in [0.1, 0.15) is 0 Å². The summed E-state index contributed by atoms with van der Waals surface area (Å²) in [6, 6.07) is 0. The summed E-state index contributed by atoms with van der Waals surface area (Å²) in [5, 5.41) is 13.0. The molecule has 0 aliphatic heterocycles. The number of halogens is 1. The van der Waals surface area contributed by atoms with Crippen LogP contribution in [-0.4, -0.2) is 19.0 Å². The molecule has 0 heterocycles. The van der Waals surface area contributed by atoms with Crippen molar-refractivity contribution in [3.63, 3.8) is 0 Å². The van der Waals surface area contributed by atoms with Crippen LogP contribution >= 0.6 is 15.9 Å². The predicted octanol–water partition coefficient (Wildman–Crippen LogP) is 1.45. The normalized spacial score (nSPS) is 7.00. The molecule has 0 fully saturated rings. The van der Waals surface area contributed by atoms with Gasteiger partial charge in [-0.05, 0) is 6.42 Å². The molecule has 0 aromatic carbocycles. The van der Waals surface area contributed by atoms with Crippen molar-refractivity contribution >= 4 is 15.9 Å². The van der Waals surface area contributed by atoms with Crippen LogP contribution in [0.4, 0.5) is 0 Å². The summed E-state index contributed by atoms with van der Waals surface area (Å²) in [6.45, 7) is 0.866. The topological polar surface area (TPSA) is 56.8 Å². The Morgan fingerprint density at radius 3 is 2.12 bits per heavy atom. The fourth-order valence-electron chi connectivity index (χ4n) is 0.199. The third-order valence-electron chi connectivity index (χ3n) is 0.482. The number of hydrogen-bond acceptors (Lipinski definition) is 3. The van der Waals surface area contributed by atoms with Crippen LogP contribution in [-0.2, 0) is 4.74 Å². The van der Waals surface area contributed by atoms with Crippen LogP contribution in [0.2, 0.25) is 0 Å². The van der Waals surface area contributed by atoms with Gasteiger partial charge in [0.05, 0.1) is 0 Å². The number of ether oxygens (including phenoxy) is 1. The predicted molar refractivity (Wildman–Crippen MR) is 33.7 cm³/mol. The van der Waals surface area contributed by atoms with Gasteiger partial charge in [-0.15, -0.1) is 0 Å². The second kappa shape index (κ2) is 15.8. The molecule has 0 spiro atoms. The van der Waals surface area contributed by atoms with Crippen molar-refractivity contribution in [2.24, 2.45) is 0 Å². The first-order valence-corrected chi connectivity index (χ1v) is 3.29. The van der Waals surface area contributed by atoms with Crippen molar-refractivity contribution in [3.05, 3.63) is 0 Å². The molecule has 0 saturated carbocycles. The van der Waals surface area contributed by atoms with E-state index in [9.17, 15) is 0 Å². The zero-order chi connectivity index (χ0) is 6.83. The first-order valence-electron chi connectivity index (χ1n) is 2.16. The summed E-state index contributed by atoms with van der Waals surface area (Å²) < 4.78 is 4.75. The van der Waals surface area contributed by atoms with Gasteiger partial charge in [0.15, 0.2) is 0 Å². The van der Waals surface area contributed by atoms with E-state index in [0.29, 0.717) is 0 Å². The van der Waals surface area contributed by atoms with E-state index in [4.69, 9.17) is 15.5 Å². The Labute approximate surface area is 57.6 Å². The Morgan fingerprint density at radius 2 is 2.00 bits per heavy atom. The van der Waals surface area contributed by atoms with Crippen molar-refractivity contribution in [2.45, 2.75) is 6.42 Å². The minimum atomic E-state index is 0.866. The van der Waals surface area contributed by atoms with Gasteiger partial charge in [0.2, 0.25) is 0 Å². The van der Waals surface area contributed by atoms with Gasteiger partial charge in [0.25, 0.3) is 0 Å². The average Bonchev–Trinajstić information content (AvgIpc) is 1.88. The van der Waals surface area contributed by atoms with E-state index in [1.54, 1.807) is 7.11 Å². The smallest absolute Gasteiger partial charge is 0.0470 e. The van der Waals surface area contributed by atoms with Crippen LogP contribution < -0.4 is 0 Å². The minimum Gasteiger partial charge on any atom is -0.385 e. The van der Waals surface area contributed by atoms with Crippen molar-refractivity contribution in [3.8, 4) is 0 Å². The first-order chi connectivity index (χ1) is 3.91. The molecule has 0 radical (unpaired) electrons. The number of hydrogen-bond donors (Lipinski definition) is 0. The quantitative estimate of drug-likeness (QED) is 0.376. The molecule has 0 saturated heterocycles. The zero-order valence-corrected chi connectivity index (χ0v) is 6.39. The number of methoxy groups -OCH3 is 1. The van der Waals surface area contributed by atoms with E-state index in [1.807, 2.05) is 0 Å². The standard InChI is InChI=1S/C4H9BrO.N2/c1-6-4-2-3-5;1-2/h2-4H2,1H3;. The molecular weight excluding hydrogens is 172 g/mol. The molecule has 0 N–H and O–H groups in total. The lowest BCUT2D eigenvalue weighted by Crippen LogP contribution is -1.86. The lowest BCUT2D eigenvalue weighted by atomic mass is 10.5. The van der Waals surface area contributed by atoms with Crippen LogP contribution in [0.3, 0.4) is 0 Å². The highest BCUT2D eigenvalue weighted by molar-refractivity contribution is 9.09. The molecule has 0 atom stereocenters. The molecule has 0 aromatic rings. The monoisotopic (exact) mass is 180 g/mol. The van der Waals surface area contributed by atoms with E-state index < -0.39 is 0 Å². The Hall–Kier alpha value is -0.140. The fraction of sp³-hybridized carbons (Fsp3) is 1.00. The lowest BCUT2D eigenvalue weighted by Gasteiger charge is -1.88. The maximum Gasteiger partial charge on any atom is 0.0470 e. The van der Waals surface area contributed by atoms with Gasteiger partial charge in [-0.2, -0.15) is 0 Å². The highest BCUT2D eigenvalue weighted by Gasteiger charge is 1.75. The highest BCUT2D eigenvalue weighted by atomic mass is 79.9. The van der Waals surface area contributed by atoms with E-state index >= 15 is 0 Å². The van der Waals surface area contributed by atoms with Crippen molar-refractivity contribution < 1.29 is 4.74 Å². The summed E-state index contributed by atoms with van der Waals surface area (Å²) in [4.78, 5) is 0. The summed E-state index contributed by atoms with van der Waals surface area (Å²) in [7, 11) is 1.71. The first kappa shape index (κ1) is 10.8. The lowest BCUT2D eigenvalue weighted by molar-refractivity contribution is 0.200. The molecule has 0 rings (SSSR count). The fourth-order valence-corrected chi connectivity index (χ4v) is 0.428. The van der Waals surface area contributed by atoms with Gasteiger partial charge < -0.3 is 4.74 Å². The van der Waals surface area contributed by atoms with Crippen molar-refractivity contribution in [1.82, 2.24) is 0 Å². The highest BCUT2D eigenvalue weighted by Crippen LogP contribution is 1.85. The molecule has 0 aliphatic rings. The SMILES string of the molecule is COCCCBr.N#N. The van der Waals surface area contributed by atoms with E-state index in [0.717, 1.165) is 18.4 Å². The molecule has 0 aromatic heterocycles. The summed E-state index contributed by atoms with van der Waals surface area (Å²) in [5.41, 5.74) is 0. The van der Waals surface area contributed by atoms with Gasteiger partial charge in [-0.1, -0.05) is 15.9 Å². The molecular formula is C4H9BrN2O. The van der Waals surface area contributed by atoms with E-state index in [-0.39, 0.29) is 0 Å². The second-order valence-electron chi connectivity index (χ2n) is 1.04. The Bertz CT molecular complexity index is 44.5. The third-order valence-corrected chi connectivity index (χ3v) is 1.04. The summed E-state index contributed by atoms with van der Waals surface area (Å²) in [5.74, 6) is 0. The number of rotatable bonds is 3. The molecule has 0 aliphatic carbocycles. The molecule has 0 amide bonds.